The SMILES string of the molecule is COc1ncc(C(C)N(C)C(=O)c2ccc(C(F)(F)F)c(F)c2)c2cc(F)c(F)cc12. The number of carbonyl (C=O) groups is 1. The van der Waals surface area contributed by atoms with Crippen molar-refractivity contribution in [3.63, 3.8) is 0 Å². The first kappa shape index (κ1) is 22.4. The van der Waals surface area contributed by atoms with Crippen LogP contribution in [0.2, 0.25) is 0 Å². The fraction of sp³-hybridized carbons (Fsp3) is 0.238. The standard InChI is InChI=1S/C21H16F6N2O2/c1-10(14-9-28-19(31-3)13-8-18(24)17(23)7-12(13)14)29(2)20(30)11-4-5-15(16(22)6-11)21(25,26)27/h4-10H,1-3H3. The van der Waals surface area contributed by atoms with E-state index in [2.05, 4.69) is 4.98 Å². The third kappa shape index (κ3) is 4.14. The van der Waals surface area contributed by atoms with Gasteiger partial charge >= 0.3 is 6.18 Å². The first-order valence-corrected chi connectivity index (χ1v) is 8.91. The second kappa shape index (κ2) is 8.09. The quantitative estimate of drug-likeness (QED) is 0.501. The maximum absolute atomic E-state index is 13.9. The normalized spacial score (nSPS) is 12.7. The van der Waals surface area contributed by atoms with Crippen LogP contribution in [0.25, 0.3) is 10.8 Å². The van der Waals surface area contributed by atoms with E-state index in [1.807, 2.05) is 0 Å². The average molecular weight is 442 g/mol. The topological polar surface area (TPSA) is 42.4 Å². The Balaban J connectivity index is 2.01. The van der Waals surface area contributed by atoms with Crippen LogP contribution in [0.5, 0.6) is 5.88 Å². The Labute approximate surface area is 173 Å². The molecule has 2 aromatic carbocycles. The summed E-state index contributed by atoms with van der Waals surface area (Å²) < 4.78 is 84.8. The van der Waals surface area contributed by atoms with E-state index in [1.165, 1.54) is 20.4 Å². The first-order chi connectivity index (χ1) is 14.5. The predicted octanol–water partition coefficient (Wildman–Crippen LogP) is 5.51. The number of amides is 1. The monoisotopic (exact) mass is 442 g/mol. The highest BCUT2D eigenvalue weighted by atomic mass is 19.4. The van der Waals surface area contributed by atoms with Gasteiger partial charge in [0, 0.05) is 29.8 Å². The van der Waals surface area contributed by atoms with Crippen molar-refractivity contribution in [1.82, 2.24) is 9.88 Å². The zero-order chi connectivity index (χ0) is 23.1. The van der Waals surface area contributed by atoms with Gasteiger partial charge in [0.2, 0.25) is 5.88 Å². The maximum atomic E-state index is 13.9. The molecule has 3 aromatic rings. The zero-order valence-corrected chi connectivity index (χ0v) is 16.5. The lowest BCUT2D eigenvalue weighted by Gasteiger charge is -2.26. The molecule has 1 aromatic heterocycles. The van der Waals surface area contributed by atoms with Gasteiger partial charge in [0.1, 0.15) is 5.82 Å². The minimum atomic E-state index is -4.89. The maximum Gasteiger partial charge on any atom is 0.419 e. The van der Waals surface area contributed by atoms with Gasteiger partial charge in [-0.2, -0.15) is 13.2 Å². The number of halogens is 6. The molecule has 0 saturated heterocycles. The number of ether oxygens (including phenoxy) is 1. The van der Waals surface area contributed by atoms with Crippen LogP contribution in [-0.2, 0) is 6.18 Å². The first-order valence-electron chi connectivity index (χ1n) is 8.91. The average Bonchev–Trinajstić information content (AvgIpc) is 2.71. The molecular weight excluding hydrogens is 426 g/mol. The van der Waals surface area contributed by atoms with Crippen LogP contribution in [0.3, 0.4) is 0 Å². The number of methoxy groups -OCH3 is 1. The Hall–Kier alpha value is -3.30. The lowest BCUT2D eigenvalue weighted by Crippen LogP contribution is -2.30. The van der Waals surface area contributed by atoms with Gasteiger partial charge in [-0.1, -0.05) is 0 Å². The molecule has 0 spiro atoms. The van der Waals surface area contributed by atoms with E-state index in [0.29, 0.717) is 17.7 Å². The van der Waals surface area contributed by atoms with Gasteiger partial charge in [-0.15, -0.1) is 0 Å². The Morgan fingerprint density at radius 3 is 2.19 bits per heavy atom. The minimum absolute atomic E-state index is 0.0450. The van der Waals surface area contributed by atoms with Crippen LogP contribution < -0.4 is 4.74 Å². The second-order valence-electron chi connectivity index (χ2n) is 6.82. The second-order valence-corrected chi connectivity index (χ2v) is 6.82. The highest BCUT2D eigenvalue weighted by Gasteiger charge is 2.34. The number of alkyl halides is 3. The number of nitrogens with zero attached hydrogens (tertiary/aromatic N) is 2. The molecule has 0 bridgehead atoms. The predicted molar refractivity (Wildman–Crippen MR) is 100 cm³/mol. The summed E-state index contributed by atoms with van der Waals surface area (Å²) in [4.78, 5) is 17.9. The van der Waals surface area contributed by atoms with E-state index < -0.39 is 41.1 Å². The lowest BCUT2D eigenvalue weighted by atomic mass is 10.00. The molecule has 164 valence electrons. The Morgan fingerprint density at radius 2 is 1.65 bits per heavy atom. The molecule has 0 aliphatic rings. The van der Waals surface area contributed by atoms with Gasteiger partial charge in [-0.25, -0.2) is 18.2 Å². The van der Waals surface area contributed by atoms with Gasteiger partial charge in [-0.3, -0.25) is 4.79 Å². The number of aromatic nitrogens is 1. The molecule has 0 aliphatic carbocycles. The fourth-order valence-electron chi connectivity index (χ4n) is 3.19. The van der Waals surface area contributed by atoms with Crippen LogP contribution >= 0.6 is 0 Å². The van der Waals surface area contributed by atoms with Crippen molar-refractivity contribution in [1.29, 1.82) is 0 Å². The van der Waals surface area contributed by atoms with Crippen LogP contribution in [0.15, 0.2) is 36.5 Å². The van der Waals surface area contributed by atoms with Crippen LogP contribution in [0, 0.1) is 17.5 Å². The lowest BCUT2D eigenvalue weighted by molar-refractivity contribution is -0.140. The summed E-state index contributed by atoms with van der Waals surface area (Å²) in [7, 11) is 2.65. The van der Waals surface area contributed by atoms with Crippen molar-refractivity contribution in [2.75, 3.05) is 14.2 Å². The zero-order valence-electron chi connectivity index (χ0n) is 16.5. The van der Waals surface area contributed by atoms with Gasteiger partial charge < -0.3 is 9.64 Å². The molecule has 0 aliphatic heterocycles. The minimum Gasteiger partial charge on any atom is -0.481 e. The molecule has 0 saturated carbocycles. The molecule has 1 heterocycles. The van der Waals surface area contributed by atoms with Crippen LogP contribution in [0.4, 0.5) is 26.3 Å². The van der Waals surface area contributed by atoms with Crippen LogP contribution in [-0.4, -0.2) is 29.9 Å². The molecule has 31 heavy (non-hydrogen) atoms. The molecule has 0 fully saturated rings. The van der Waals surface area contributed by atoms with Crippen molar-refractivity contribution in [3.8, 4) is 5.88 Å². The Kier molecular flexibility index (Phi) is 5.84. The Bertz CT molecular complexity index is 1160. The number of carbonyl (C=O) groups excluding carboxylic acids is 1. The van der Waals surface area contributed by atoms with E-state index in [4.69, 9.17) is 4.74 Å². The molecule has 0 radical (unpaired) electrons. The van der Waals surface area contributed by atoms with Gasteiger partial charge in [0.25, 0.3) is 5.91 Å². The van der Waals surface area contributed by atoms with Crippen molar-refractivity contribution in [3.05, 3.63) is 70.7 Å². The summed E-state index contributed by atoms with van der Waals surface area (Å²) in [5.41, 5.74) is -1.46. The molecule has 1 unspecified atom stereocenters. The van der Waals surface area contributed by atoms with Crippen molar-refractivity contribution >= 4 is 16.7 Å². The van der Waals surface area contributed by atoms with Crippen molar-refractivity contribution in [2.45, 2.75) is 19.1 Å². The van der Waals surface area contributed by atoms with E-state index in [1.54, 1.807) is 6.92 Å². The summed E-state index contributed by atoms with van der Waals surface area (Å²) in [6.45, 7) is 1.56. The summed E-state index contributed by atoms with van der Waals surface area (Å²) in [5, 5.41) is 0.406. The summed E-state index contributed by atoms with van der Waals surface area (Å²) in [5.74, 6) is -4.53. The fourth-order valence-corrected chi connectivity index (χ4v) is 3.19. The number of fused-ring (bicyclic) bond motifs is 1. The molecule has 1 atom stereocenters. The number of pyridine rings is 1. The molecule has 0 N–H and O–H groups in total. The number of hydrogen-bond acceptors (Lipinski definition) is 3. The summed E-state index contributed by atoms with van der Waals surface area (Å²) in [6.07, 6.45) is -3.57. The molecule has 3 rings (SSSR count). The Morgan fingerprint density at radius 1 is 1.03 bits per heavy atom. The van der Waals surface area contributed by atoms with E-state index in [-0.39, 0.29) is 22.2 Å². The highest BCUT2D eigenvalue weighted by molar-refractivity contribution is 5.95. The third-order valence-corrected chi connectivity index (χ3v) is 4.99. The highest BCUT2D eigenvalue weighted by Crippen LogP contribution is 2.34. The van der Waals surface area contributed by atoms with E-state index >= 15 is 0 Å². The molecule has 10 heteroatoms. The smallest absolute Gasteiger partial charge is 0.419 e. The van der Waals surface area contributed by atoms with E-state index in [9.17, 15) is 31.1 Å². The molecular formula is C21H16F6N2O2. The van der Waals surface area contributed by atoms with Gasteiger partial charge in [0.05, 0.1) is 18.7 Å². The summed E-state index contributed by atoms with van der Waals surface area (Å²) in [6, 6.07) is 2.95. The third-order valence-electron chi connectivity index (χ3n) is 4.99. The molecule has 1 amide bonds. The van der Waals surface area contributed by atoms with Gasteiger partial charge in [0.15, 0.2) is 11.6 Å². The molecule has 4 nitrogen and oxygen atoms in total. The summed E-state index contributed by atoms with van der Waals surface area (Å²) >= 11 is 0. The largest absolute Gasteiger partial charge is 0.481 e. The number of benzene rings is 2. The van der Waals surface area contributed by atoms with Crippen molar-refractivity contribution in [2.24, 2.45) is 0 Å². The van der Waals surface area contributed by atoms with Crippen LogP contribution in [0.1, 0.15) is 34.5 Å². The van der Waals surface area contributed by atoms with Gasteiger partial charge in [-0.05, 0) is 42.6 Å². The van der Waals surface area contributed by atoms with E-state index in [0.717, 1.165) is 23.1 Å². The number of rotatable bonds is 4. The van der Waals surface area contributed by atoms with Crippen molar-refractivity contribution < 1.29 is 35.9 Å². The number of hydrogen-bond donors (Lipinski definition) is 0.